The second kappa shape index (κ2) is 7.78. The Morgan fingerprint density at radius 2 is 1.87 bits per heavy atom. The number of carbonyl (C=O) groups is 1. The number of ether oxygens (including phenoxy) is 1. The van der Waals surface area contributed by atoms with Crippen molar-refractivity contribution in [3.8, 4) is 5.75 Å². The van der Waals surface area contributed by atoms with Crippen molar-refractivity contribution in [2.24, 2.45) is 4.99 Å². The van der Waals surface area contributed by atoms with Crippen LogP contribution in [-0.2, 0) is 4.79 Å². The van der Waals surface area contributed by atoms with Crippen LogP contribution in [0.4, 0.5) is 0 Å². The van der Waals surface area contributed by atoms with Gasteiger partial charge in [-0.1, -0.05) is 47.7 Å². The third kappa shape index (κ3) is 3.37. The fourth-order valence-corrected chi connectivity index (χ4v) is 5.31. The molecule has 2 aliphatic rings. The van der Waals surface area contributed by atoms with E-state index in [1.807, 2.05) is 61.5 Å². The summed E-state index contributed by atoms with van der Waals surface area (Å²) in [5.41, 5.74) is 4.37. The Hall–Kier alpha value is -3.25. The minimum Gasteiger partial charge on any atom is -0.497 e. The van der Waals surface area contributed by atoms with Gasteiger partial charge in [-0.3, -0.25) is 14.2 Å². The standard InChI is InChI=1S/C25H22N2O3S/c1-15-6-3-4-7-17(15)14-21-24(29)27-23(16-10-12-18(30-2)13-11-16)22-19(26-25(27)31-21)8-5-9-20(22)28/h3-4,6-7,10-14,23H,5,8-9H2,1-2H3. The fraction of sp³-hybridized carbons (Fsp3) is 0.240. The molecule has 0 radical (unpaired) electrons. The van der Waals surface area contributed by atoms with Gasteiger partial charge in [-0.25, -0.2) is 4.99 Å². The molecule has 1 aliphatic heterocycles. The summed E-state index contributed by atoms with van der Waals surface area (Å²) in [7, 11) is 1.62. The van der Waals surface area contributed by atoms with Gasteiger partial charge in [0.2, 0.25) is 0 Å². The molecule has 0 saturated heterocycles. The lowest BCUT2D eigenvalue weighted by Gasteiger charge is -2.28. The van der Waals surface area contributed by atoms with Crippen molar-refractivity contribution in [2.75, 3.05) is 7.11 Å². The first kappa shape index (κ1) is 19.7. The van der Waals surface area contributed by atoms with Crippen LogP contribution in [0.1, 0.15) is 42.0 Å². The minimum atomic E-state index is -0.455. The average Bonchev–Trinajstić information content (AvgIpc) is 3.09. The second-order valence-corrected chi connectivity index (χ2v) is 8.86. The number of hydrogen-bond acceptors (Lipinski definition) is 5. The van der Waals surface area contributed by atoms with Crippen molar-refractivity contribution >= 4 is 23.2 Å². The highest BCUT2D eigenvalue weighted by Gasteiger charge is 2.34. The summed E-state index contributed by atoms with van der Waals surface area (Å²) >= 11 is 1.39. The summed E-state index contributed by atoms with van der Waals surface area (Å²) in [4.78, 5) is 31.9. The van der Waals surface area contributed by atoms with Gasteiger partial charge in [-0.05, 0) is 54.7 Å². The van der Waals surface area contributed by atoms with Crippen LogP contribution in [-0.4, -0.2) is 17.5 Å². The van der Waals surface area contributed by atoms with Gasteiger partial charge in [0, 0.05) is 12.0 Å². The van der Waals surface area contributed by atoms with Crippen molar-refractivity contribution in [1.82, 2.24) is 4.57 Å². The largest absolute Gasteiger partial charge is 0.497 e. The maximum absolute atomic E-state index is 13.5. The van der Waals surface area contributed by atoms with Gasteiger partial charge in [0.25, 0.3) is 5.56 Å². The molecule has 31 heavy (non-hydrogen) atoms. The zero-order valence-electron chi connectivity index (χ0n) is 17.4. The van der Waals surface area contributed by atoms with Crippen LogP contribution in [0.5, 0.6) is 5.75 Å². The Morgan fingerprint density at radius 1 is 1.10 bits per heavy atom. The molecule has 1 atom stereocenters. The SMILES string of the molecule is COc1ccc(C2C3=C(CCCC3=O)N=c3sc(=Cc4ccccc4C)c(=O)n32)cc1. The third-order valence-electron chi connectivity index (χ3n) is 5.93. The van der Waals surface area contributed by atoms with Gasteiger partial charge < -0.3 is 4.74 Å². The molecular formula is C25H22N2O3S. The van der Waals surface area contributed by atoms with Crippen LogP contribution in [0.2, 0.25) is 0 Å². The zero-order chi connectivity index (χ0) is 21.5. The predicted octanol–water partition coefficient (Wildman–Crippen LogP) is 3.29. The predicted molar refractivity (Wildman–Crippen MR) is 121 cm³/mol. The first-order valence-electron chi connectivity index (χ1n) is 10.3. The number of carbonyl (C=O) groups excluding carboxylic acids is 1. The molecule has 0 N–H and O–H groups in total. The van der Waals surface area contributed by atoms with E-state index in [1.54, 1.807) is 11.7 Å². The molecule has 156 valence electrons. The van der Waals surface area contributed by atoms with Gasteiger partial charge in [0.1, 0.15) is 5.75 Å². The average molecular weight is 431 g/mol. The number of allylic oxidation sites excluding steroid dienone is 2. The summed E-state index contributed by atoms with van der Waals surface area (Å²) in [5, 5.41) is 0. The third-order valence-corrected chi connectivity index (χ3v) is 6.92. The normalized spacial score (nSPS) is 18.5. The van der Waals surface area contributed by atoms with Crippen LogP contribution in [0.25, 0.3) is 6.08 Å². The van der Waals surface area contributed by atoms with E-state index in [9.17, 15) is 9.59 Å². The summed E-state index contributed by atoms with van der Waals surface area (Å²) in [6.45, 7) is 2.03. The van der Waals surface area contributed by atoms with Crippen LogP contribution in [0, 0.1) is 6.92 Å². The topological polar surface area (TPSA) is 60.7 Å². The van der Waals surface area contributed by atoms with E-state index in [0.717, 1.165) is 41.0 Å². The number of nitrogens with zero attached hydrogens (tertiary/aromatic N) is 2. The Morgan fingerprint density at radius 3 is 2.61 bits per heavy atom. The van der Waals surface area contributed by atoms with Crippen molar-refractivity contribution in [1.29, 1.82) is 0 Å². The molecule has 0 saturated carbocycles. The van der Waals surface area contributed by atoms with Gasteiger partial charge in [0.05, 0.1) is 23.4 Å². The highest BCUT2D eigenvalue weighted by atomic mass is 32.1. The van der Waals surface area contributed by atoms with E-state index in [2.05, 4.69) is 0 Å². The Balaban J connectivity index is 1.75. The smallest absolute Gasteiger partial charge is 0.271 e. The summed E-state index contributed by atoms with van der Waals surface area (Å²) in [6, 6.07) is 15.1. The molecule has 1 aliphatic carbocycles. The molecule has 5 rings (SSSR count). The van der Waals surface area contributed by atoms with Crippen LogP contribution >= 0.6 is 11.3 Å². The van der Waals surface area contributed by atoms with Crippen molar-refractivity contribution in [2.45, 2.75) is 32.2 Å². The number of methoxy groups -OCH3 is 1. The first-order chi connectivity index (χ1) is 15.1. The highest BCUT2D eigenvalue weighted by Crippen LogP contribution is 2.36. The first-order valence-corrected chi connectivity index (χ1v) is 11.2. The Labute approximate surface area is 183 Å². The quantitative estimate of drug-likeness (QED) is 0.641. The molecule has 1 unspecified atom stereocenters. The summed E-state index contributed by atoms with van der Waals surface area (Å²) < 4.78 is 7.61. The van der Waals surface area contributed by atoms with Crippen molar-refractivity contribution < 1.29 is 9.53 Å². The molecule has 0 spiro atoms. The van der Waals surface area contributed by atoms with E-state index in [0.29, 0.717) is 21.3 Å². The molecule has 6 heteroatoms. The number of benzene rings is 2. The molecule has 1 aromatic heterocycles. The van der Waals surface area contributed by atoms with E-state index in [4.69, 9.17) is 9.73 Å². The maximum atomic E-state index is 13.5. The molecule has 0 fully saturated rings. The monoisotopic (exact) mass is 430 g/mol. The summed E-state index contributed by atoms with van der Waals surface area (Å²) in [6.07, 6.45) is 3.98. The molecule has 2 heterocycles. The fourth-order valence-electron chi connectivity index (χ4n) is 4.30. The maximum Gasteiger partial charge on any atom is 0.271 e. The van der Waals surface area contributed by atoms with E-state index in [1.165, 1.54) is 11.3 Å². The number of thiazole rings is 1. The van der Waals surface area contributed by atoms with E-state index < -0.39 is 6.04 Å². The molecular weight excluding hydrogens is 408 g/mol. The second-order valence-electron chi connectivity index (χ2n) is 7.85. The zero-order valence-corrected chi connectivity index (χ0v) is 18.2. The number of Topliss-reactive ketones (excluding diaryl/α,β-unsaturated/α-hetero) is 1. The number of hydrogen-bond donors (Lipinski definition) is 0. The lowest BCUT2D eigenvalue weighted by molar-refractivity contribution is -0.116. The molecule has 0 amide bonds. The number of fused-ring (bicyclic) bond motifs is 1. The Kier molecular flexibility index (Phi) is 4.94. The lowest BCUT2D eigenvalue weighted by Crippen LogP contribution is -2.40. The number of aryl methyl sites for hydroxylation is 1. The van der Waals surface area contributed by atoms with Crippen molar-refractivity contribution in [3.63, 3.8) is 0 Å². The minimum absolute atomic E-state index is 0.0824. The summed E-state index contributed by atoms with van der Waals surface area (Å²) in [5.74, 6) is 0.818. The Bertz CT molecular complexity index is 1390. The molecule has 5 nitrogen and oxygen atoms in total. The van der Waals surface area contributed by atoms with Crippen LogP contribution < -0.4 is 19.6 Å². The van der Waals surface area contributed by atoms with Gasteiger partial charge in [0.15, 0.2) is 10.6 Å². The van der Waals surface area contributed by atoms with Crippen LogP contribution in [0.3, 0.4) is 0 Å². The number of aromatic nitrogens is 1. The number of ketones is 1. The van der Waals surface area contributed by atoms with Crippen molar-refractivity contribution in [3.05, 3.63) is 96.2 Å². The number of rotatable bonds is 3. The van der Waals surface area contributed by atoms with E-state index in [-0.39, 0.29) is 11.3 Å². The molecule has 3 aromatic rings. The van der Waals surface area contributed by atoms with Gasteiger partial charge in [-0.15, -0.1) is 0 Å². The van der Waals surface area contributed by atoms with Gasteiger partial charge in [-0.2, -0.15) is 0 Å². The van der Waals surface area contributed by atoms with Crippen LogP contribution in [0.15, 0.2) is 69.6 Å². The van der Waals surface area contributed by atoms with Gasteiger partial charge >= 0.3 is 0 Å². The van der Waals surface area contributed by atoms with E-state index >= 15 is 0 Å². The molecule has 0 bridgehead atoms. The highest BCUT2D eigenvalue weighted by molar-refractivity contribution is 7.07. The molecule has 2 aromatic carbocycles. The lowest BCUT2D eigenvalue weighted by atomic mass is 9.86.